The third kappa shape index (κ3) is 3.57. The van der Waals surface area contributed by atoms with Crippen LogP contribution in [0.3, 0.4) is 0 Å². The third-order valence-electron chi connectivity index (χ3n) is 2.65. The molecule has 0 aliphatic heterocycles. The van der Waals surface area contributed by atoms with Gasteiger partial charge in [0, 0.05) is 16.4 Å². The van der Waals surface area contributed by atoms with Crippen molar-refractivity contribution < 1.29 is 19.4 Å². The molecule has 0 aliphatic rings. The molecule has 21 heavy (non-hydrogen) atoms. The number of methoxy groups -OCH3 is 1. The Kier molecular flexibility index (Phi) is 4.54. The Morgan fingerprint density at radius 1 is 1.29 bits per heavy atom. The van der Waals surface area contributed by atoms with E-state index in [1.54, 1.807) is 18.2 Å². The fourth-order valence-electron chi connectivity index (χ4n) is 1.63. The molecule has 0 amide bonds. The molecule has 2 aromatic rings. The van der Waals surface area contributed by atoms with Crippen molar-refractivity contribution in [1.29, 1.82) is 0 Å². The highest BCUT2D eigenvalue weighted by atomic mass is 79.9. The molecule has 2 rings (SSSR count). The molecule has 108 valence electrons. The number of ether oxygens (including phenoxy) is 1. The van der Waals surface area contributed by atoms with E-state index in [0.717, 1.165) is 0 Å². The number of carbonyl (C=O) groups is 2. The number of carbonyl (C=O) groups excluding carboxylic acids is 1. The Bertz CT molecular complexity index is 703. The van der Waals surface area contributed by atoms with Gasteiger partial charge < -0.3 is 15.2 Å². The van der Waals surface area contributed by atoms with Crippen LogP contribution in [0.5, 0.6) is 0 Å². The van der Waals surface area contributed by atoms with Crippen molar-refractivity contribution in [2.45, 2.75) is 0 Å². The first-order valence-corrected chi connectivity index (χ1v) is 6.65. The predicted molar refractivity (Wildman–Crippen MR) is 80.0 cm³/mol. The highest BCUT2D eigenvalue weighted by Gasteiger charge is 2.10. The zero-order chi connectivity index (χ0) is 15.4. The molecule has 0 fully saturated rings. The second-order valence-corrected chi connectivity index (χ2v) is 4.90. The van der Waals surface area contributed by atoms with Gasteiger partial charge in [-0.2, -0.15) is 0 Å². The average molecular weight is 351 g/mol. The standard InChI is InChI=1S/C14H11BrN2O4/c1-21-14(20)12-7-9(4-5-16-12)17-11-3-2-8(13(18)19)6-10(11)15/h2-7H,1H3,(H,16,17)(H,18,19). The van der Waals surface area contributed by atoms with Gasteiger partial charge in [0.2, 0.25) is 0 Å². The summed E-state index contributed by atoms with van der Waals surface area (Å²) < 4.78 is 5.20. The highest BCUT2D eigenvalue weighted by Crippen LogP contribution is 2.27. The van der Waals surface area contributed by atoms with Crippen molar-refractivity contribution in [3.63, 3.8) is 0 Å². The molecule has 0 atom stereocenters. The smallest absolute Gasteiger partial charge is 0.356 e. The molecule has 1 aromatic heterocycles. The molecule has 0 aliphatic carbocycles. The van der Waals surface area contributed by atoms with Crippen LogP contribution in [0.4, 0.5) is 11.4 Å². The molecule has 0 saturated heterocycles. The van der Waals surface area contributed by atoms with E-state index in [2.05, 4.69) is 31.0 Å². The van der Waals surface area contributed by atoms with Crippen molar-refractivity contribution >= 4 is 39.2 Å². The number of rotatable bonds is 4. The number of hydrogen-bond donors (Lipinski definition) is 2. The number of pyridine rings is 1. The van der Waals surface area contributed by atoms with Gasteiger partial charge in [-0.1, -0.05) is 0 Å². The molecule has 7 heteroatoms. The van der Waals surface area contributed by atoms with Crippen LogP contribution < -0.4 is 5.32 Å². The molecule has 0 saturated carbocycles. The fraction of sp³-hybridized carbons (Fsp3) is 0.0714. The Labute approximate surface area is 128 Å². The van der Waals surface area contributed by atoms with E-state index < -0.39 is 11.9 Å². The van der Waals surface area contributed by atoms with Crippen molar-refractivity contribution in [3.05, 3.63) is 52.3 Å². The number of carboxylic acids is 1. The van der Waals surface area contributed by atoms with Crippen LogP contribution in [0.2, 0.25) is 0 Å². The second kappa shape index (κ2) is 6.36. The minimum absolute atomic E-state index is 0.178. The van der Waals surface area contributed by atoms with Crippen LogP contribution in [0, 0.1) is 0 Å². The predicted octanol–water partition coefficient (Wildman–Crippen LogP) is 3.07. The third-order valence-corrected chi connectivity index (χ3v) is 3.31. The summed E-state index contributed by atoms with van der Waals surface area (Å²) in [6.07, 6.45) is 1.48. The van der Waals surface area contributed by atoms with Crippen LogP contribution in [0.25, 0.3) is 0 Å². The number of benzene rings is 1. The molecule has 1 aromatic carbocycles. The van der Waals surface area contributed by atoms with Gasteiger partial charge in [0.05, 0.1) is 18.4 Å². The van der Waals surface area contributed by atoms with Gasteiger partial charge >= 0.3 is 11.9 Å². The van der Waals surface area contributed by atoms with Crippen molar-refractivity contribution in [1.82, 2.24) is 4.98 Å². The first kappa shape index (κ1) is 15.0. The largest absolute Gasteiger partial charge is 0.478 e. The topological polar surface area (TPSA) is 88.5 Å². The quantitative estimate of drug-likeness (QED) is 0.823. The normalized spacial score (nSPS) is 10.0. The number of anilines is 2. The van der Waals surface area contributed by atoms with Gasteiger partial charge in [-0.15, -0.1) is 0 Å². The van der Waals surface area contributed by atoms with Gasteiger partial charge in [-0.05, 0) is 46.3 Å². The minimum atomic E-state index is -1.00. The lowest BCUT2D eigenvalue weighted by molar-refractivity contribution is 0.0593. The van der Waals surface area contributed by atoms with E-state index >= 15 is 0 Å². The summed E-state index contributed by atoms with van der Waals surface area (Å²) in [5.74, 6) is -1.53. The van der Waals surface area contributed by atoms with Gasteiger partial charge in [-0.25, -0.2) is 14.6 Å². The van der Waals surface area contributed by atoms with E-state index in [1.807, 2.05) is 0 Å². The number of nitrogens with zero attached hydrogens (tertiary/aromatic N) is 1. The van der Waals surface area contributed by atoms with Crippen molar-refractivity contribution in [3.8, 4) is 0 Å². The van der Waals surface area contributed by atoms with E-state index in [0.29, 0.717) is 15.8 Å². The maximum absolute atomic E-state index is 11.4. The van der Waals surface area contributed by atoms with E-state index in [9.17, 15) is 9.59 Å². The Balaban J connectivity index is 2.26. The number of aromatic nitrogens is 1. The number of halogens is 1. The van der Waals surface area contributed by atoms with Crippen LogP contribution >= 0.6 is 15.9 Å². The van der Waals surface area contributed by atoms with Crippen LogP contribution in [0.15, 0.2) is 41.0 Å². The Morgan fingerprint density at radius 2 is 2.05 bits per heavy atom. The molecule has 0 spiro atoms. The van der Waals surface area contributed by atoms with Crippen molar-refractivity contribution in [2.24, 2.45) is 0 Å². The monoisotopic (exact) mass is 350 g/mol. The summed E-state index contributed by atoms with van der Waals surface area (Å²) in [7, 11) is 1.28. The van der Waals surface area contributed by atoms with E-state index in [-0.39, 0.29) is 11.3 Å². The summed E-state index contributed by atoms with van der Waals surface area (Å²) in [4.78, 5) is 26.2. The first-order chi connectivity index (χ1) is 10.0. The van der Waals surface area contributed by atoms with Crippen LogP contribution in [-0.4, -0.2) is 29.1 Å². The number of carboxylic acid groups (broad SMARTS) is 1. The zero-order valence-corrected chi connectivity index (χ0v) is 12.5. The maximum Gasteiger partial charge on any atom is 0.356 e. The van der Waals surface area contributed by atoms with Gasteiger partial charge in [0.15, 0.2) is 0 Å². The number of hydrogen-bond acceptors (Lipinski definition) is 5. The Morgan fingerprint density at radius 3 is 2.67 bits per heavy atom. The van der Waals surface area contributed by atoms with Gasteiger partial charge in [-0.3, -0.25) is 0 Å². The summed E-state index contributed by atoms with van der Waals surface area (Å²) in [5, 5.41) is 12.0. The highest BCUT2D eigenvalue weighted by molar-refractivity contribution is 9.10. The van der Waals surface area contributed by atoms with Gasteiger partial charge in [0.25, 0.3) is 0 Å². The molecule has 0 radical (unpaired) electrons. The molecule has 6 nitrogen and oxygen atoms in total. The number of nitrogens with one attached hydrogen (secondary N) is 1. The summed E-state index contributed by atoms with van der Waals surface area (Å²) in [6, 6.07) is 7.84. The lowest BCUT2D eigenvalue weighted by atomic mass is 10.2. The molecule has 0 bridgehead atoms. The molecule has 2 N–H and O–H groups in total. The van der Waals surface area contributed by atoms with Crippen molar-refractivity contribution in [2.75, 3.05) is 12.4 Å². The Hall–Kier alpha value is -2.41. The van der Waals surface area contributed by atoms with Gasteiger partial charge in [0.1, 0.15) is 5.69 Å². The summed E-state index contributed by atoms with van der Waals surface area (Å²) in [5.41, 5.74) is 1.66. The number of aromatic carboxylic acids is 1. The lowest BCUT2D eigenvalue weighted by Crippen LogP contribution is -2.04. The van der Waals surface area contributed by atoms with Crippen LogP contribution in [0.1, 0.15) is 20.8 Å². The lowest BCUT2D eigenvalue weighted by Gasteiger charge is -2.10. The average Bonchev–Trinajstić information content (AvgIpc) is 2.48. The maximum atomic E-state index is 11.4. The molecule has 1 heterocycles. The van der Waals surface area contributed by atoms with E-state index in [1.165, 1.54) is 25.4 Å². The molecular weight excluding hydrogens is 340 g/mol. The van der Waals surface area contributed by atoms with E-state index in [4.69, 9.17) is 5.11 Å². The second-order valence-electron chi connectivity index (χ2n) is 4.05. The van der Waals surface area contributed by atoms with Crippen LogP contribution in [-0.2, 0) is 4.74 Å². The first-order valence-electron chi connectivity index (χ1n) is 5.85. The number of esters is 1. The molecule has 0 unspecified atom stereocenters. The SMILES string of the molecule is COC(=O)c1cc(Nc2ccc(C(=O)O)cc2Br)ccn1. The molecular formula is C14H11BrN2O4. The zero-order valence-electron chi connectivity index (χ0n) is 11.0. The summed E-state index contributed by atoms with van der Waals surface area (Å²) >= 11 is 3.30. The summed E-state index contributed by atoms with van der Waals surface area (Å²) in [6.45, 7) is 0. The minimum Gasteiger partial charge on any atom is -0.478 e. The fourth-order valence-corrected chi connectivity index (χ4v) is 2.11.